The Kier molecular flexibility index (Phi) is 4.68. The molecule has 0 aromatic carbocycles. The molecule has 1 aliphatic carbocycles. The fourth-order valence-electron chi connectivity index (χ4n) is 2.18. The molecule has 4 nitrogen and oxygen atoms in total. The Labute approximate surface area is 115 Å². The monoisotopic (exact) mass is 258 g/mol. The summed E-state index contributed by atoms with van der Waals surface area (Å²) < 4.78 is 0. The molecule has 19 heavy (non-hydrogen) atoms. The number of aliphatic imine (C=N–C) groups is 2. The van der Waals surface area contributed by atoms with E-state index in [1.165, 1.54) is 0 Å². The van der Waals surface area contributed by atoms with Gasteiger partial charge in [-0.1, -0.05) is 32.1 Å². The van der Waals surface area contributed by atoms with Crippen molar-refractivity contribution in [1.29, 1.82) is 0 Å². The highest BCUT2D eigenvalue weighted by Gasteiger charge is 2.25. The zero-order valence-corrected chi connectivity index (χ0v) is 11.7. The topological polar surface area (TPSA) is 40.0 Å². The first-order valence-electron chi connectivity index (χ1n) is 6.76. The van der Waals surface area contributed by atoms with Crippen LogP contribution in [0, 0.1) is 5.92 Å². The zero-order chi connectivity index (χ0) is 13.7. The molecule has 1 atom stereocenters. The normalized spacial score (nSPS) is 25.6. The molecule has 0 radical (unpaired) electrons. The highest BCUT2D eigenvalue weighted by molar-refractivity contribution is 5.97. The van der Waals surface area contributed by atoms with Crippen molar-refractivity contribution in [1.82, 2.24) is 10.2 Å². The molecule has 1 N–H and O–H groups in total. The van der Waals surface area contributed by atoms with Crippen LogP contribution in [0.5, 0.6) is 0 Å². The average molecular weight is 258 g/mol. The molecule has 1 fully saturated rings. The molecule has 2 rings (SSSR count). The Hall–Kier alpha value is -1.68. The van der Waals surface area contributed by atoms with Gasteiger partial charge in [0, 0.05) is 24.7 Å². The van der Waals surface area contributed by atoms with Gasteiger partial charge in [-0.3, -0.25) is 10.3 Å². The molecule has 1 heterocycles. The summed E-state index contributed by atoms with van der Waals surface area (Å²) in [5.41, 5.74) is 1.05. The van der Waals surface area contributed by atoms with E-state index in [9.17, 15) is 0 Å². The van der Waals surface area contributed by atoms with E-state index < -0.39 is 0 Å². The first-order chi connectivity index (χ1) is 9.20. The Morgan fingerprint density at radius 1 is 1.53 bits per heavy atom. The third-order valence-corrected chi connectivity index (χ3v) is 3.46. The lowest BCUT2D eigenvalue weighted by molar-refractivity contribution is 0.396. The van der Waals surface area contributed by atoms with Crippen molar-refractivity contribution in [3.05, 3.63) is 36.3 Å². The van der Waals surface area contributed by atoms with Gasteiger partial charge >= 0.3 is 0 Å². The molecule has 1 unspecified atom stereocenters. The maximum atomic E-state index is 4.48. The van der Waals surface area contributed by atoms with Gasteiger partial charge in [0.15, 0.2) is 0 Å². The summed E-state index contributed by atoms with van der Waals surface area (Å²) in [4.78, 5) is 10.8. The lowest BCUT2D eigenvalue weighted by atomic mass is 10.1. The van der Waals surface area contributed by atoms with Gasteiger partial charge in [-0.25, -0.2) is 4.99 Å². The van der Waals surface area contributed by atoms with Gasteiger partial charge in [0.1, 0.15) is 5.82 Å². The van der Waals surface area contributed by atoms with Crippen molar-refractivity contribution in [3.63, 3.8) is 0 Å². The van der Waals surface area contributed by atoms with E-state index >= 15 is 0 Å². The third kappa shape index (κ3) is 3.64. The van der Waals surface area contributed by atoms with E-state index in [0.29, 0.717) is 12.0 Å². The van der Waals surface area contributed by atoms with Crippen molar-refractivity contribution in [3.8, 4) is 0 Å². The Bertz CT molecular complexity index is 443. The second kappa shape index (κ2) is 6.48. The quantitative estimate of drug-likeness (QED) is 0.786. The molecule has 2 aliphatic rings. The summed E-state index contributed by atoms with van der Waals surface area (Å²) in [6.45, 7) is 9.88. The second-order valence-corrected chi connectivity index (χ2v) is 5.19. The summed E-state index contributed by atoms with van der Waals surface area (Å²) in [6, 6.07) is 0.510. The molecular weight excluding hydrogens is 236 g/mol. The van der Waals surface area contributed by atoms with E-state index in [1.54, 1.807) is 0 Å². The van der Waals surface area contributed by atoms with Crippen LogP contribution in [0.15, 0.2) is 46.3 Å². The molecule has 102 valence electrons. The van der Waals surface area contributed by atoms with E-state index in [0.717, 1.165) is 31.2 Å². The fourth-order valence-corrected chi connectivity index (χ4v) is 2.18. The molecule has 0 aromatic heterocycles. The zero-order valence-electron chi connectivity index (χ0n) is 11.7. The standard InChI is InChI=1S/C15H22N4/c1-12(2)14-10-19(11-18-14)15(16-3)9-17-13-7-5-4-6-8-13/h4-7,9,12,14,18H,3,8,10-11H2,1-2H3/b15-9+,17-13-. The number of hydrogen-bond acceptors (Lipinski definition) is 4. The molecule has 0 saturated carbocycles. The van der Waals surface area contributed by atoms with Gasteiger partial charge in [0.25, 0.3) is 0 Å². The van der Waals surface area contributed by atoms with Crippen molar-refractivity contribution in [2.45, 2.75) is 26.3 Å². The smallest absolute Gasteiger partial charge is 0.147 e. The predicted molar refractivity (Wildman–Crippen MR) is 81.3 cm³/mol. The largest absolute Gasteiger partial charge is 0.341 e. The molecule has 0 amide bonds. The summed E-state index contributed by atoms with van der Waals surface area (Å²) in [6.07, 6.45) is 10.9. The summed E-state index contributed by atoms with van der Waals surface area (Å²) in [5, 5.41) is 3.48. The van der Waals surface area contributed by atoms with Crippen molar-refractivity contribution >= 4 is 12.4 Å². The minimum atomic E-state index is 0.510. The van der Waals surface area contributed by atoms with Crippen LogP contribution in [0.1, 0.15) is 20.3 Å². The third-order valence-electron chi connectivity index (χ3n) is 3.46. The van der Waals surface area contributed by atoms with Gasteiger partial charge in [-0.15, -0.1) is 0 Å². The van der Waals surface area contributed by atoms with Crippen LogP contribution in [0.2, 0.25) is 0 Å². The molecule has 0 aromatic rings. The summed E-state index contributed by atoms with van der Waals surface area (Å²) >= 11 is 0. The van der Waals surface area contributed by atoms with E-state index in [1.807, 2.05) is 24.4 Å². The van der Waals surface area contributed by atoms with Gasteiger partial charge in [-0.2, -0.15) is 0 Å². The molecular formula is C15H22N4. The lowest BCUT2D eigenvalue weighted by Crippen LogP contribution is -2.29. The van der Waals surface area contributed by atoms with E-state index in [4.69, 9.17) is 0 Å². The SMILES string of the molecule is C=N/C(=C\N=C1\C=CC=CC1)N1CNC(C(C)C)C1. The Morgan fingerprint density at radius 2 is 2.37 bits per heavy atom. The second-order valence-electron chi connectivity index (χ2n) is 5.19. The van der Waals surface area contributed by atoms with Gasteiger partial charge in [0.2, 0.25) is 0 Å². The lowest BCUT2D eigenvalue weighted by Gasteiger charge is -2.17. The predicted octanol–water partition coefficient (Wildman–Crippen LogP) is 2.33. The highest BCUT2D eigenvalue weighted by Crippen LogP contribution is 2.15. The number of nitrogens with one attached hydrogen (secondary N) is 1. The first-order valence-corrected chi connectivity index (χ1v) is 6.76. The molecule has 1 aliphatic heterocycles. The van der Waals surface area contributed by atoms with E-state index in [2.05, 4.69) is 46.8 Å². The number of nitrogens with zero attached hydrogens (tertiary/aromatic N) is 3. The molecule has 0 spiro atoms. The van der Waals surface area contributed by atoms with Crippen LogP contribution in [0.3, 0.4) is 0 Å². The first kappa shape index (κ1) is 13.7. The fraction of sp³-hybridized carbons (Fsp3) is 0.467. The van der Waals surface area contributed by atoms with Crippen LogP contribution in [-0.4, -0.2) is 36.6 Å². The van der Waals surface area contributed by atoms with Gasteiger partial charge < -0.3 is 4.90 Å². The van der Waals surface area contributed by atoms with Crippen LogP contribution in [0.25, 0.3) is 0 Å². The minimum Gasteiger partial charge on any atom is -0.341 e. The highest BCUT2D eigenvalue weighted by atomic mass is 15.3. The van der Waals surface area contributed by atoms with Crippen LogP contribution < -0.4 is 5.32 Å². The molecule has 0 bridgehead atoms. The maximum absolute atomic E-state index is 4.48. The minimum absolute atomic E-state index is 0.510. The Morgan fingerprint density at radius 3 is 2.95 bits per heavy atom. The van der Waals surface area contributed by atoms with Crippen LogP contribution in [0.4, 0.5) is 0 Å². The van der Waals surface area contributed by atoms with Crippen molar-refractivity contribution in [2.75, 3.05) is 13.2 Å². The summed E-state index contributed by atoms with van der Waals surface area (Å²) in [5.74, 6) is 1.46. The van der Waals surface area contributed by atoms with Crippen LogP contribution >= 0.6 is 0 Å². The van der Waals surface area contributed by atoms with Crippen molar-refractivity contribution < 1.29 is 0 Å². The maximum Gasteiger partial charge on any atom is 0.147 e. The Balaban J connectivity index is 2.02. The number of rotatable bonds is 4. The van der Waals surface area contributed by atoms with Crippen molar-refractivity contribution in [2.24, 2.45) is 15.9 Å². The molecule has 4 heteroatoms. The number of hydrogen-bond donors (Lipinski definition) is 1. The van der Waals surface area contributed by atoms with Crippen LogP contribution in [-0.2, 0) is 0 Å². The van der Waals surface area contributed by atoms with Gasteiger partial charge in [-0.05, 0) is 18.7 Å². The molecule has 1 saturated heterocycles. The summed E-state index contributed by atoms with van der Waals surface area (Å²) in [7, 11) is 0. The average Bonchev–Trinajstić information content (AvgIpc) is 2.90. The van der Waals surface area contributed by atoms with E-state index in [-0.39, 0.29) is 0 Å². The van der Waals surface area contributed by atoms with Gasteiger partial charge in [0.05, 0.1) is 12.9 Å². The number of allylic oxidation sites excluding steroid dienone is 4.